The summed E-state index contributed by atoms with van der Waals surface area (Å²) < 4.78 is 11.3. The van der Waals surface area contributed by atoms with E-state index in [4.69, 9.17) is 9.47 Å². The standard InChI is InChI=1S/C16H22BrNO3/c1-2-20-15-6-4-3-5-14(15)16(19)18-10-7-13(8-11-18)21-12-9-17/h3-6,13H,2,7-12H2,1H3. The largest absolute Gasteiger partial charge is 0.493 e. The number of rotatable bonds is 6. The Morgan fingerprint density at radius 1 is 1.33 bits per heavy atom. The summed E-state index contributed by atoms with van der Waals surface area (Å²) in [4.78, 5) is 14.5. The Hall–Kier alpha value is -1.07. The molecule has 0 aromatic heterocycles. The van der Waals surface area contributed by atoms with Crippen molar-refractivity contribution >= 4 is 21.8 Å². The summed E-state index contributed by atoms with van der Waals surface area (Å²) in [6, 6.07) is 7.45. The molecule has 2 rings (SSSR count). The minimum absolute atomic E-state index is 0.0537. The van der Waals surface area contributed by atoms with E-state index in [2.05, 4.69) is 15.9 Å². The number of likely N-dealkylation sites (tertiary alicyclic amines) is 1. The fourth-order valence-corrected chi connectivity index (χ4v) is 2.72. The number of para-hydroxylation sites is 1. The second kappa shape index (κ2) is 8.39. The van der Waals surface area contributed by atoms with Gasteiger partial charge in [-0.25, -0.2) is 0 Å². The van der Waals surface area contributed by atoms with Gasteiger partial charge in [0.1, 0.15) is 5.75 Å². The van der Waals surface area contributed by atoms with E-state index >= 15 is 0 Å². The number of ether oxygens (including phenoxy) is 2. The van der Waals surface area contributed by atoms with Crippen molar-refractivity contribution in [2.24, 2.45) is 0 Å². The highest BCUT2D eigenvalue weighted by atomic mass is 79.9. The van der Waals surface area contributed by atoms with Crippen LogP contribution in [0.2, 0.25) is 0 Å². The summed E-state index contributed by atoms with van der Waals surface area (Å²) in [5.74, 6) is 0.723. The van der Waals surface area contributed by atoms with Gasteiger partial charge in [-0.1, -0.05) is 28.1 Å². The average Bonchev–Trinajstić information content (AvgIpc) is 2.53. The number of alkyl halides is 1. The molecule has 0 unspecified atom stereocenters. The summed E-state index contributed by atoms with van der Waals surface area (Å²) in [6.45, 7) is 4.70. The van der Waals surface area contributed by atoms with Crippen LogP contribution in [0.4, 0.5) is 0 Å². The van der Waals surface area contributed by atoms with E-state index in [1.165, 1.54) is 0 Å². The molecule has 1 aromatic rings. The number of amides is 1. The van der Waals surface area contributed by atoms with Gasteiger partial charge in [0.2, 0.25) is 0 Å². The van der Waals surface area contributed by atoms with E-state index in [9.17, 15) is 4.79 Å². The van der Waals surface area contributed by atoms with Gasteiger partial charge in [0.25, 0.3) is 5.91 Å². The van der Waals surface area contributed by atoms with E-state index in [1.54, 1.807) is 0 Å². The minimum atomic E-state index is 0.0537. The first-order valence-electron chi connectivity index (χ1n) is 7.45. The van der Waals surface area contributed by atoms with Crippen molar-refractivity contribution in [1.29, 1.82) is 0 Å². The Labute approximate surface area is 134 Å². The number of piperidine rings is 1. The Morgan fingerprint density at radius 2 is 2.05 bits per heavy atom. The van der Waals surface area contributed by atoms with Crippen LogP contribution in [0.15, 0.2) is 24.3 Å². The SMILES string of the molecule is CCOc1ccccc1C(=O)N1CCC(OCCBr)CC1. The quantitative estimate of drug-likeness (QED) is 0.736. The fraction of sp³-hybridized carbons (Fsp3) is 0.562. The molecule has 0 spiro atoms. The van der Waals surface area contributed by atoms with Gasteiger partial charge < -0.3 is 14.4 Å². The molecule has 1 amide bonds. The Kier molecular flexibility index (Phi) is 6.51. The zero-order valence-electron chi connectivity index (χ0n) is 12.4. The van der Waals surface area contributed by atoms with Crippen LogP contribution in [0, 0.1) is 0 Å². The van der Waals surface area contributed by atoms with E-state index in [0.717, 1.165) is 37.9 Å². The fourth-order valence-electron chi connectivity index (χ4n) is 2.53. The van der Waals surface area contributed by atoms with Gasteiger partial charge in [-0.15, -0.1) is 0 Å². The van der Waals surface area contributed by atoms with Gasteiger partial charge in [-0.3, -0.25) is 4.79 Å². The van der Waals surface area contributed by atoms with Crippen LogP contribution >= 0.6 is 15.9 Å². The maximum atomic E-state index is 12.6. The molecule has 1 heterocycles. The lowest BCUT2D eigenvalue weighted by Crippen LogP contribution is -2.41. The number of hydrogen-bond donors (Lipinski definition) is 0. The van der Waals surface area contributed by atoms with Crippen molar-refractivity contribution in [2.45, 2.75) is 25.9 Å². The van der Waals surface area contributed by atoms with Crippen molar-refractivity contribution in [3.05, 3.63) is 29.8 Å². The normalized spacial score (nSPS) is 16.0. The maximum Gasteiger partial charge on any atom is 0.257 e. The summed E-state index contributed by atoms with van der Waals surface area (Å²) in [6.07, 6.45) is 2.07. The number of hydrogen-bond acceptors (Lipinski definition) is 3. The molecule has 0 saturated carbocycles. The molecule has 116 valence electrons. The molecule has 0 atom stereocenters. The number of benzene rings is 1. The average molecular weight is 356 g/mol. The van der Waals surface area contributed by atoms with Gasteiger partial charge >= 0.3 is 0 Å². The molecule has 1 fully saturated rings. The topological polar surface area (TPSA) is 38.8 Å². The van der Waals surface area contributed by atoms with Crippen molar-refractivity contribution in [2.75, 3.05) is 31.6 Å². The molecule has 5 heteroatoms. The molecule has 21 heavy (non-hydrogen) atoms. The van der Waals surface area contributed by atoms with Crippen LogP contribution in [-0.2, 0) is 4.74 Å². The smallest absolute Gasteiger partial charge is 0.257 e. The first kappa shape index (κ1) is 16.3. The highest BCUT2D eigenvalue weighted by molar-refractivity contribution is 9.09. The van der Waals surface area contributed by atoms with E-state index in [-0.39, 0.29) is 12.0 Å². The van der Waals surface area contributed by atoms with Crippen molar-refractivity contribution in [3.63, 3.8) is 0 Å². The van der Waals surface area contributed by atoms with Gasteiger partial charge in [0.05, 0.1) is 24.9 Å². The summed E-state index contributed by atoms with van der Waals surface area (Å²) in [5.41, 5.74) is 0.652. The van der Waals surface area contributed by atoms with Crippen molar-refractivity contribution < 1.29 is 14.3 Å². The summed E-state index contributed by atoms with van der Waals surface area (Å²) in [5, 5.41) is 0.855. The molecule has 1 saturated heterocycles. The highest BCUT2D eigenvalue weighted by Crippen LogP contribution is 2.22. The third kappa shape index (κ3) is 4.45. The maximum absolute atomic E-state index is 12.6. The summed E-state index contributed by atoms with van der Waals surface area (Å²) in [7, 11) is 0. The van der Waals surface area contributed by atoms with E-state index < -0.39 is 0 Å². The molecule has 0 bridgehead atoms. The molecular weight excluding hydrogens is 334 g/mol. The third-order valence-electron chi connectivity index (χ3n) is 3.58. The Morgan fingerprint density at radius 3 is 2.71 bits per heavy atom. The third-order valence-corrected chi connectivity index (χ3v) is 3.90. The number of carbonyl (C=O) groups is 1. The molecule has 4 nitrogen and oxygen atoms in total. The number of carbonyl (C=O) groups excluding carboxylic acids is 1. The van der Waals surface area contributed by atoms with Gasteiger partial charge in [0, 0.05) is 18.4 Å². The lowest BCUT2D eigenvalue weighted by atomic mass is 10.1. The van der Waals surface area contributed by atoms with Gasteiger partial charge in [0.15, 0.2) is 0 Å². The number of nitrogens with zero attached hydrogens (tertiary/aromatic N) is 1. The molecule has 1 aromatic carbocycles. The van der Waals surface area contributed by atoms with Crippen molar-refractivity contribution in [3.8, 4) is 5.75 Å². The first-order chi connectivity index (χ1) is 10.3. The molecular formula is C16H22BrNO3. The van der Waals surface area contributed by atoms with Crippen LogP contribution in [0.5, 0.6) is 5.75 Å². The van der Waals surface area contributed by atoms with Crippen LogP contribution < -0.4 is 4.74 Å². The van der Waals surface area contributed by atoms with E-state index in [1.807, 2.05) is 36.1 Å². The second-order valence-corrected chi connectivity index (χ2v) is 5.77. The molecule has 0 aliphatic carbocycles. The summed E-state index contributed by atoms with van der Waals surface area (Å²) >= 11 is 3.36. The molecule has 0 radical (unpaired) electrons. The zero-order valence-corrected chi connectivity index (χ0v) is 14.0. The van der Waals surface area contributed by atoms with Gasteiger partial charge in [-0.2, -0.15) is 0 Å². The zero-order chi connectivity index (χ0) is 15.1. The van der Waals surface area contributed by atoms with Crippen LogP contribution in [0.25, 0.3) is 0 Å². The first-order valence-corrected chi connectivity index (χ1v) is 8.57. The predicted octanol–water partition coefficient (Wildman–Crippen LogP) is 3.10. The van der Waals surface area contributed by atoms with Crippen LogP contribution in [-0.4, -0.2) is 48.5 Å². The number of halogens is 1. The molecule has 0 N–H and O–H groups in total. The monoisotopic (exact) mass is 355 g/mol. The Bertz CT molecular complexity index is 459. The minimum Gasteiger partial charge on any atom is -0.493 e. The molecule has 1 aliphatic heterocycles. The lowest BCUT2D eigenvalue weighted by molar-refractivity contribution is 0.0159. The van der Waals surface area contributed by atoms with Crippen LogP contribution in [0.3, 0.4) is 0 Å². The second-order valence-electron chi connectivity index (χ2n) is 4.98. The lowest BCUT2D eigenvalue weighted by Gasteiger charge is -2.32. The Balaban J connectivity index is 1.96. The highest BCUT2D eigenvalue weighted by Gasteiger charge is 2.25. The van der Waals surface area contributed by atoms with Gasteiger partial charge in [-0.05, 0) is 31.9 Å². The molecule has 1 aliphatic rings. The predicted molar refractivity (Wildman–Crippen MR) is 86.3 cm³/mol. The van der Waals surface area contributed by atoms with Crippen LogP contribution in [0.1, 0.15) is 30.1 Å². The van der Waals surface area contributed by atoms with Crippen molar-refractivity contribution in [1.82, 2.24) is 4.90 Å². The van der Waals surface area contributed by atoms with E-state index in [0.29, 0.717) is 17.9 Å².